The standard InChI is InChI=1S/C17H17N5O2S/c1-25-9-15-21-16(24-22-15)7-18-17-12-6-11-4-2-3-5-14(11)23-8-13(12)19-10-20-17/h2-5,10H,6-9H2,1H3,(H,18,19,20). The maximum atomic E-state index is 5.86. The molecule has 3 aromatic rings. The molecule has 0 aliphatic carbocycles. The van der Waals surface area contributed by atoms with Crippen LogP contribution in [0.1, 0.15) is 28.5 Å². The number of fused-ring (bicyclic) bond motifs is 2. The molecule has 0 spiro atoms. The lowest BCUT2D eigenvalue weighted by molar-refractivity contribution is 0.302. The fourth-order valence-corrected chi connectivity index (χ4v) is 3.12. The summed E-state index contributed by atoms with van der Waals surface area (Å²) in [7, 11) is 0. The number of rotatable bonds is 5. The van der Waals surface area contributed by atoms with Crippen LogP contribution in [-0.4, -0.2) is 26.4 Å². The predicted molar refractivity (Wildman–Crippen MR) is 94.5 cm³/mol. The van der Waals surface area contributed by atoms with Gasteiger partial charge in [0.1, 0.15) is 24.5 Å². The Morgan fingerprint density at radius 3 is 3.08 bits per heavy atom. The van der Waals surface area contributed by atoms with Gasteiger partial charge in [-0.3, -0.25) is 0 Å². The number of anilines is 1. The van der Waals surface area contributed by atoms with E-state index in [9.17, 15) is 0 Å². The minimum Gasteiger partial charge on any atom is -0.487 e. The summed E-state index contributed by atoms with van der Waals surface area (Å²) in [5, 5.41) is 7.24. The average Bonchev–Trinajstić information content (AvgIpc) is 2.99. The van der Waals surface area contributed by atoms with E-state index < -0.39 is 0 Å². The van der Waals surface area contributed by atoms with E-state index in [1.165, 1.54) is 0 Å². The smallest absolute Gasteiger partial charge is 0.246 e. The molecule has 1 N–H and O–H groups in total. The lowest BCUT2D eigenvalue weighted by Gasteiger charge is -2.10. The number of nitrogens with zero attached hydrogens (tertiary/aromatic N) is 4. The normalized spacial score (nSPS) is 12.7. The van der Waals surface area contributed by atoms with Crippen LogP contribution in [0.25, 0.3) is 0 Å². The zero-order valence-corrected chi connectivity index (χ0v) is 14.5. The summed E-state index contributed by atoms with van der Waals surface area (Å²) in [6.45, 7) is 0.856. The molecule has 3 heterocycles. The molecule has 0 saturated carbocycles. The third-order valence-electron chi connectivity index (χ3n) is 3.93. The zero-order valence-electron chi connectivity index (χ0n) is 13.7. The molecule has 0 bridgehead atoms. The molecule has 0 atom stereocenters. The molecular weight excluding hydrogens is 338 g/mol. The van der Waals surface area contributed by atoms with Crippen LogP contribution in [0.4, 0.5) is 5.82 Å². The second-order valence-corrected chi connectivity index (χ2v) is 6.48. The zero-order chi connectivity index (χ0) is 17.1. The topological polar surface area (TPSA) is 86.0 Å². The summed E-state index contributed by atoms with van der Waals surface area (Å²) in [6.07, 6.45) is 4.27. The van der Waals surface area contributed by atoms with E-state index in [2.05, 4.69) is 31.5 Å². The van der Waals surface area contributed by atoms with Gasteiger partial charge in [-0.15, -0.1) is 0 Å². The van der Waals surface area contributed by atoms with Gasteiger partial charge in [-0.25, -0.2) is 9.97 Å². The van der Waals surface area contributed by atoms with Gasteiger partial charge in [-0.1, -0.05) is 23.4 Å². The van der Waals surface area contributed by atoms with Crippen molar-refractivity contribution in [2.75, 3.05) is 11.6 Å². The molecule has 0 amide bonds. The van der Waals surface area contributed by atoms with Crippen LogP contribution >= 0.6 is 11.8 Å². The van der Waals surface area contributed by atoms with Crippen molar-refractivity contribution in [3.63, 3.8) is 0 Å². The number of aromatic nitrogens is 4. The number of benzene rings is 1. The fourth-order valence-electron chi connectivity index (χ4n) is 2.75. The summed E-state index contributed by atoms with van der Waals surface area (Å²) < 4.78 is 11.1. The highest BCUT2D eigenvalue weighted by atomic mass is 32.2. The molecule has 0 radical (unpaired) electrons. The van der Waals surface area contributed by atoms with Crippen LogP contribution in [0.15, 0.2) is 35.1 Å². The summed E-state index contributed by atoms with van der Waals surface area (Å²) in [5.74, 6) is 3.65. The second kappa shape index (κ2) is 7.10. The molecule has 4 rings (SSSR count). The first-order valence-electron chi connectivity index (χ1n) is 7.91. The molecular formula is C17H17N5O2S. The first-order chi connectivity index (χ1) is 12.3. The summed E-state index contributed by atoms with van der Waals surface area (Å²) in [4.78, 5) is 13.1. The Morgan fingerprint density at radius 2 is 2.16 bits per heavy atom. The van der Waals surface area contributed by atoms with Gasteiger partial charge in [-0.05, 0) is 17.9 Å². The molecule has 1 aromatic carbocycles. The van der Waals surface area contributed by atoms with E-state index in [-0.39, 0.29) is 0 Å². The van der Waals surface area contributed by atoms with Crippen molar-refractivity contribution < 1.29 is 9.26 Å². The molecule has 0 saturated heterocycles. The number of hydrogen-bond donors (Lipinski definition) is 1. The number of ether oxygens (including phenoxy) is 1. The minimum absolute atomic E-state index is 0.424. The number of nitrogens with one attached hydrogen (secondary N) is 1. The maximum Gasteiger partial charge on any atom is 0.246 e. The molecule has 0 unspecified atom stereocenters. The van der Waals surface area contributed by atoms with Gasteiger partial charge in [0.25, 0.3) is 0 Å². The highest BCUT2D eigenvalue weighted by Crippen LogP contribution is 2.30. The minimum atomic E-state index is 0.424. The van der Waals surface area contributed by atoms with Crippen molar-refractivity contribution in [1.82, 2.24) is 20.1 Å². The molecule has 1 aliphatic heterocycles. The maximum absolute atomic E-state index is 5.86. The Bertz CT molecular complexity index is 883. The fraction of sp³-hybridized carbons (Fsp3) is 0.294. The molecule has 2 aromatic heterocycles. The Kier molecular flexibility index (Phi) is 4.51. The van der Waals surface area contributed by atoms with Gasteiger partial charge in [0, 0.05) is 12.0 Å². The van der Waals surface area contributed by atoms with Crippen molar-refractivity contribution in [3.05, 3.63) is 59.1 Å². The Labute approximate surface area is 149 Å². The van der Waals surface area contributed by atoms with Crippen molar-refractivity contribution in [2.24, 2.45) is 0 Å². The molecule has 1 aliphatic rings. The Morgan fingerprint density at radius 1 is 1.24 bits per heavy atom. The van der Waals surface area contributed by atoms with Gasteiger partial charge in [-0.2, -0.15) is 16.7 Å². The third kappa shape index (κ3) is 3.43. The van der Waals surface area contributed by atoms with Crippen molar-refractivity contribution in [2.45, 2.75) is 25.3 Å². The first-order valence-corrected chi connectivity index (χ1v) is 9.30. The van der Waals surface area contributed by atoms with E-state index in [0.717, 1.165) is 40.6 Å². The Balaban J connectivity index is 1.55. The van der Waals surface area contributed by atoms with Crippen molar-refractivity contribution in [1.29, 1.82) is 0 Å². The molecule has 7 nitrogen and oxygen atoms in total. The van der Waals surface area contributed by atoms with Gasteiger partial charge < -0.3 is 14.6 Å². The van der Waals surface area contributed by atoms with Gasteiger partial charge in [0.15, 0.2) is 5.82 Å². The van der Waals surface area contributed by atoms with Gasteiger partial charge in [0.05, 0.1) is 18.0 Å². The lowest BCUT2D eigenvalue weighted by atomic mass is 10.0. The van der Waals surface area contributed by atoms with E-state index in [4.69, 9.17) is 9.26 Å². The summed E-state index contributed by atoms with van der Waals surface area (Å²) in [6, 6.07) is 8.03. The highest BCUT2D eigenvalue weighted by molar-refractivity contribution is 7.97. The number of thioether (sulfide) groups is 1. The monoisotopic (exact) mass is 355 g/mol. The van der Waals surface area contributed by atoms with Crippen LogP contribution in [-0.2, 0) is 25.3 Å². The predicted octanol–water partition coefficient (Wildman–Crippen LogP) is 2.82. The second-order valence-electron chi connectivity index (χ2n) is 5.61. The quantitative estimate of drug-likeness (QED) is 0.748. The molecule has 128 valence electrons. The van der Waals surface area contributed by atoms with E-state index in [0.29, 0.717) is 24.9 Å². The van der Waals surface area contributed by atoms with E-state index >= 15 is 0 Å². The lowest BCUT2D eigenvalue weighted by Crippen LogP contribution is -2.09. The van der Waals surface area contributed by atoms with E-state index in [1.807, 2.05) is 24.5 Å². The average molecular weight is 355 g/mol. The summed E-state index contributed by atoms with van der Waals surface area (Å²) in [5.41, 5.74) is 3.05. The summed E-state index contributed by atoms with van der Waals surface area (Å²) >= 11 is 1.66. The van der Waals surface area contributed by atoms with Crippen LogP contribution in [0.5, 0.6) is 5.75 Å². The van der Waals surface area contributed by atoms with Crippen molar-refractivity contribution >= 4 is 17.6 Å². The van der Waals surface area contributed by atoms with Gasteiger partial charge >= 0.3 is 0 Å². The van der Waals surface area contributed by atoms with Crippen LogP contribution in [0.3, 0.4) is 0 Å². The van der Waals surface area contributed by atoms with Crippen LogP contribution in [0, 0.1) is 0 Å². The van der Waals surface area contributed by atoms with Gasteiger partial charge in [0.2, 0.25) is 5.89 Å². The number of para-hydroxylation sites is 1. The molecule has 0 fully saturated rings. The molecule has 8 heteroatoms. The largest absolute Gasteiger partial charge is 0.487 e. The van der Waals surface area contributed by atoms with Crippen molar-refractivity contribution in [3.8, 4) is 5.75 Å². The highest BCUT2D eigenvalue weighted by Gasteiger charge is 2.19. The Hall–Kier alpha value is -2.61. The first kappa shape index (κ1) is 15.9. The van der Waals surface area contributed by atoms with Crippen LogP contribution < -0.4 is 10.1 Å². The molecule has 25 heavy (non-hydrogen) atoms. The van der Waals surface area contributed by atoms with Crippen LogP contribution in [0.2, 0.25) is 0 Å². The number of hydrogen-bond acceptors (Lipinski definition) is 8. The third-order valence-corrected chi connectivity index (χ3v) is 4.48. The SMILES string of the molecule is CSCc1noc(CNc2ncnc3c2Cc2ccccc2OC3)n1. The van der Waals surface area contributed by atoms with E-state index in [1.54, 1.807) is 18.1 Å².